The third kappa shape index (κ3) is 4.29. The molecule has 1 aliphatic rings. The predicted octanol–water partition coefficient (Wildman–Crippen LogP) is 2.48. The van der Waals surface area contributed by atoms with Crippen molar-refractivity contribution >= 4 is 28.9 Å². The number of hydrogen-bond donors (Lipinski definition) is 0. The fourth-order valence-corrected chi connectivity index (χ4v) is 3.87. The van der Waals surface area contributed by atoms with Crippen LogP contribution in [0.4, 0.5) is 5.69 Å². The van der Waals surface area contributed by atoms with Crippen LogP contribution in [0, 0.1) is 0 Å². The number of hydrogen-bond acceptors (Lipinski definition) is 7. The topological polar surface area (TPSA) is 94.6 Å². The van der Waals surface area contributed by atoms with E-state index in [2.05, 4.69) is 5.10 Å². The maximum Gasteiger partial charge on any atom is 0.437 e. The lowest BCUT2D eigenvalue weighted by molar-refractivity contribution is -0.148. The number of anilines is 1. The number of rotatable bonds is 6. The van der Waals surface area contributed by atoms with E-state index in [9.17, 15) is 14.4 Å². The van der Waals surface area contributed by atoms with Gasteiger partial charge in [0.05, 0.1) is 17.8 Å². The highest BCUT2D eigenvalue weighted by molar-refractivity contribution is 7.13. The molecule has 0 saturated heterocycles. The number of thiophene rings is 1. The molecular formula is C20H19N3O5S. The highest BCUT2D eigenvalue weighted by atomic mass is 32.1. The van der Waals surface area contributed by atoms with Gasteiger partial charge in [-0.15, -0.1) is 16.4 Å². The van der Waals surface area contributed by atoms with Crippen molar-refractivity contribution < 1.29 is 18.7 Å². The molecule has 29 heavy (non-hydrogen) atoms. The number of amides is 1. The molecule has 4 rings (SSSR count). The maximum absolute atomic E-state index is 12.5. The summed E-state index contributed by atoms with van der Waals surface area (Å²) in [4.78, 5) is 38.8. The third-order valence-corrected chi connectivity index (χ3v) is 5.49. The molecule has 0 saturated carbocycles. The van der Waals surface area contributed by atoms with Crippen molar-refractivity contribution in [1.29, 1.82) is 0 Å². The first-order valence-corrected chi connectivity index (χ1v) is 10.2. The lowest BCUT2D eigenvalue weighted by Gasteiger charge is -2.29. The first-order chi connectivity index (χ1) is 14.1. The van der Waals surface area contributed by atoms with Crippen LogP contribution in [0.25, 0.3) is 10.8 Å². The molecule has 3 heterocycles. The number of aryl methyl sites for hydroxylation is 2. The Hall–Kier alpha value is -3.20. The molecule has 0 aliphatic carbocycles. The zero-order chi connectivity index (χ0) is 20.2. The normalized spacial score (nSPS) is 13.2. The second-order valence-electron chi connectivity index (χ2n) is 6.56. The van der Waals surface area contributed by atoms with Gasteiger partial charge in [0.1, 0.15) is 0 Å². The molecule has 150 valence electrons. The largest absolute Gasteiger partial charge is 0.455 e. The Morgan fingerprint density at radius 1 is 1.21 bits per heavy atom. The van der Waals surface area contributed by atoms with Gasteiger partial charge in [-0.25, -0.2) is 4.79 Å². The molecule has 9 heteroatoms. The van der Waals surface area contributed by atoms with E-state index >= 15 is 0 Å². The minimum absolute atomic E-state index is 0.0211. The lowest BCUT2D eigenvalue weighted by Crippen LogP contribution is -2.38. The fourth-order valence-electron chi connectivity index (χ4n) is 3.23. The summed E-state index contributed by atoms with van der Waals surface area (Å²) in [6.07, 6.45) is 1.72. The van der Waals surface area contributed by atoms with Crippen LogP contribution in [0.3, 0.4) is 0 Å². The molecule has 1 amide bonds. The Kier molecular flexibility index (Phi) is 5.57. The molecule has 2 aromatic heterocycles. The summed E-state index contributed by atoms with van der Waals surface area (Å²) >= 11 is 1.40. The lowest BCUT2D eigenvalue weighted by atomic mass is 10.0. The number of para-hydroxylation sites is 1. The standard InChI is InChI=1S/C20H19N3O5S/c24-17(22-10-3-6-14-5-1-2-7-15(14)22)13-27-18(25)9-11-23-20(26)28-19(21-23)16-8-4-12-29-16/h1-2,4-5,7-8,12H,3,6,9-11,13H2. The number of fused-ring (bicyclic) bond motifs is 1. The second kappa shape index (κ2) is 8.44. The minimum atomic E-state index is -0.637. The summed E-state index contributed by atoms with van der Waals surface area (Å²) in [6.45, 7) is 0.293. The molecular weight excluding hydrogens is 394 g/mol. The van der Waals surface area contributed by atoms with Gasteiger partial charge in [0.15, 0.2) is 6.61 Å². The van der Waals surface area contributed by atoms with Crippen molar-refractivity contribution in [3.05, 3.63) is 57.9 Å². The molecule has 0 fully saturated rings. The molecule has 8 nitrogen and oxygen atoms in total. The van der Waals surface area contributed by atoms with Gasteiger partial charge in [-0.2, -0.15) is 4.68 Å². The van der Waals surface area contributed by atoms with E-state index in [-0.39, 0.29) is 31.4 Å². The molecule has 0 atom stereocenters. The van der Waals surface area contributed by atoms with Crippen LogP contribution >= 0.6 is 11.3 Å². The summed E-state index contributed by atoms with van der Waals surface area (Å²) < 4.78 is 11.3. The van der Waals surface area contributed by atoms with E-state index < -0.39 is 11.7 Å². The van der Waals surface area contributed by atoms with Crippen molar-refractivity contribution in [1.82, 2.24) is 9.78 Å². The quantitative estimate of drug-likeness (QED) is 0.576. The number of nitrogens with zero attached hydrogens (tertiary/aromatic N) is 3. The molecule has 0 unspecified atom stereocenters. The molecule has 1 aliphatic heterocycles. The van der Waals surface area contributed by atoms with Crippen LogP contribution in [0.1, 0.15) is 18.4 Å². The first-order valence-electron chi connectivity index (χ1n) is 9.27. The Morgan fingerprint density at radius 2 is 2.07 bits per heavy atom. The fraction of sp³-hybridized carbons (Fsp3) is 0.300. The summed E-state index contributed by atoms with van der Waals surface area (Å²) in [5.74, 6) is -1.25. The van der Waals surface area contributed by atoms with Gasteiger partial charge in [0.2, 0.25) is 0 Å². The minimum Gasteiger partial charge on any atom is -0.455 e. The van der Waals surface area contributed by atoms with Gasteiger partial charge in [-0.1, -0.05) is 24.3 Å². The van der Waals surface area contributed by atoms with Crippen molar-refractivity contribution in [2.24, 2.45) is 0 Å². The molecule has 1 aromatic carbocycles. The van der Waals surface area contributed by atoms with Gasteiger partial charge >= 0.3 is 11.7 Å². The Bertz CT molecular complexity index is 1070. The van der Waals surface area contributed by atoms with E-state index in [0.717, 1.165) is 33.7 Å². The number of esters is 1. The van der Waals surface area contributed by atoms with Gasteiger partial charge in [-0.05, 0) is 35.9 Å². The zero-order valence-electron chi connectivity index (χ0n) is 15.6. The van der Waals surface area contributed by atoms with Crippen molar-refractivity contribution in [2.75, 3.05) is 18.1 Å². The van der Waals surface area contributed by atoms with Gasteiger partial charge in [0, 0.05) is 12.2 Å². The van der Waals surface area contributed by atoms with E-state index in [4.69, 9.17) is 9.15 Å². The van der Waals surface area contributed by atoms with Crippen LogP contribution in [-0.2, 0) is 27.3 Å². The number of ether oxygens (including phenoxy) is 1. The zero-order valence-corrected chi connectivity index (χ0v) is 16.4. The van der Waals surface area contributed by atoms with Gasteiger partial charge < -0.3 is 14.1 Å². The second-order valence-corrected chi connectivity index (χ2v) is 7.51. The number of benzene rings is 1. The van der Waals surface area contributed by atoms with Crippen LogP contribution in [-0.4, -0.2) is 34.8 Å². The van der Waals surface area contributed by atoms with Crippen molar-refractivity contribution in [3.63, 3.8) is 0 Å². The van der Waals surface area contributed by atoms with Gasteiger partial charge in [-0.3, -0.25) is 9.59 Å². The maximum atomic E-state index is 12.5. The number of carbonyl (C=O) groups excluding carboxylic acids is 2. The summed E-state index contributed by atoms with van der Waals surface area (Å²) in [6, 6.07) is 11.4. The van der Waals surface area contributed by atoms with E-state index in [0.29, 0.717) is 6.54 Å². The highest BCUT2D eigenvalue weighted by Crippen LogP contribution is 2.26. The van der Waals surface area contributed by atoms with Crippen LogP contribution < -0.4 is 10.7 Å². The van der Waals surface area contributed by atoms with Crippen molar-refractivity contribution in [3.8, 4) is 10.8 Å². The Balaban J connectivity index is 1.30. The van der Waals surface area contributed by atoms with E-state index in [1.807, 2.05) is 35.7 Å². The number of aromatic nitrogens is 2. The summed E-state index contributed by atoms with van der Waals surface area (Å²) in [5.41, 5.74) is 1.99. The highest BCUT2D eigenvalue weighted by Gasteiger charge is 2.23. The Morgan fingerprint density at radius 3 is 2.90 bits per heavy atom. The third-order valence-electron chi connectivity index (χ3n) is 4.63. The smallest absolute Gasteiger partial charge is 0.437 e. The molecule has 3 aromatic rings. The van der Waals surface area contributed by atoms with Gasteiger partial charge in [0.25, 0.3) is 11.8 Å². The molecule has 0 N–H and O–H groups in total. The average molecular weight is 413 g/mol. The van der Waals surface area contributed by atoms with E-state index in [1.165, 1.54) is 11.3 Å². The molecule has 0 radical (unpaired) electrons. The van der Waals surface area contributed by atoms with Crippen LogP contribution in [0.5, 0.6) is 0 Å². The van der Waals surface area contributed by atoms with Crippen molar-refractivity contribution in [2.45, 2.75) is 25.8 Å². The monoisotopic (exact) mass is 413 g/mol. The summed E-state index contributed by atoms with van der Waals surface area (Å²) in [7, 11) is 0. The van der Waals surface area contributed by atoms with Crippen LogP contribution in [0.15, 0.2) is 51.0 Å². The molecule has 0 spiro atoms. The summed E-state index contributed by atoms with van der Waals surface area (Å²) in [5, 5.41) is 5.93. The van der Waals surface area contributed by atoms with Crippen LogP contribution in [0.2, 0.25) is 0 Å². The SMILES string of the molecule is O=C(CCn1nc(-c2cccs2)oc1=O)OCC(=O)N1CCCc2ccccc21. The molecule has 0 bridgehead atoms. The van der Waals surface area contributed by atoms with E-state index in [1.54, 1.807) is 11.0 Å². The average Bonchev–Trinajstić information content (AvgIpc) is 3.40. The first kappa shape index (κ1) is 19.1. The number of carbonyl (C=O) groups is 2. The predicted molar refractivity (Wildman–Crippen MR) is 107 cm³/mol. The Labute approximate surface area is 170 Å².